The number of carbonyl (C=O) groups is 1. The molecule has 134 valence electrons. The van der Waals surface area contributed by atoms with E-state index < -0.39 is 10.0 Å². The molecule has 25 heavy (non-hydrogen) atoms. The summed E-state index contributed by atoms with van der Waals surface area (Å²) < 4.78 is 25.7. The number of aromatic nitrogens is 1. The molecule has 1 aromatic carbocycles. The summed E-state index contributed by atoms with van der Waals surface area (Å²) in [7, 11) is -0.588. The second-order valence-corrected chi connectivity index (χ2v) is 9.33. The predicted molar refractivity (Wildman–Crippen MR) is 97.3 cm³/mol. The van der Waals surface area contributed by atoms with Gasteiger partial charge in [0.15, 0.2) is 0 Å². The molecule has 0 bridgehead atoms. The van der Waals surface area contributed by atoms with Crippen molar-refractivity contribution in [3.05, 3.63) is 46.4 Å². The number of nitrogens with zero attached hydrogens (tertiary/aromatic N) is 3. The normalized spacial score (nSPS) is 16.4. The monoisotopic (exact) mass is 379 g/mol. The number of benzene rings is 1. The fourth-order valence-corrected chi connectivity index (χ4v) is 4.71. The number of rotatable bonds is 4. The number of sulfonamides is 1. The van der Waals surface area contributed by atoms with Crippen LogP contribution >= 0.6 is 11.3 Å². The maximum absolute atomic E-state index is 12.7. The van der Waals surface area contributed by atoms with Crippen LogP contribution in [0.3, 0.4) is 0 Å². The minimum absolute atomic E-state index is 0.117. The lowest BCUT2D eigenvalue weighted by Crippen LogP contribution is -2.38. The Balaban J connectivity index is 1.72. The van der Waals surface area contributed by atoms with Crippen LogP contribution in [-0.4, -0.2) is 55.7 Å². The number of likely N-dealkylation sites (tertiary alicyclic amines) is 1. The summed E-state index contributed by atoms with van der Waals surface area (Å²) in [4.78, 5) is 19.1. The van der Waals surface area contributed by atoms with E-state index in [4.69, 9.17) is 0 Å². The minimum atomic E-state index is -3.55. The van der Waals surface area contributed by atoms with E-state index in [0.29, 0.717) is 24.6 Å². The number of carbonyl (C=O) groups excluding carboxylic acids is 1. The van der Waals surface area contributed by atoms with Gasteiger partial charge in [0.25, 0.3) is 5.91 Å². The van der Waals surface area contributed by atoms with Crippen LogP contribution in [0.25, 0.3) is 0 Å². The second kappa shape index (κ2) is 7.23. The molecule has 0 spiro atoms. The highest BCUT2D eigenvalue weighted by Crippen LogP contribution is 2.30. The Morgan fingerprint density at radius 3 is 2.60 bits per heavy atom. The lowest BCUT2D eigenvalue weighted by Gasteiger charge is -2.31. The van der Waals surface area contributed by atoms with Crippen molar-refractivity contribution in [3.8, 4) is 0 Å². The lowest BCUT2D eigenvalue weighted by molar-refractivity contribution is 0.0712. The van der Waals surface area contributed by atoms with Crippen LogP contribution in [0.4, 0.5) is 0 Å². The van der Waals surface area contributed by atoms with Crippen molar-refractivity contribution in [3.63, 3.8) is 0 Å². The van der Waals surface area contributed by atoms with Gasteiger partial charge < -0.3 is 4.90 Å². The molecule has 8 heteroatoms. The highest BCUT2D eigenvalue weighted by molar-refractivity contribution is 7.89. The van der Waals surface area contributed by atoms with Crippen LogP contribution in [-0.2, 0) is 10.0 Å². The Labute approximate surface area is 152 Å². The summed E-state index contributed by atoms with van der Waals surface area (Å²) in [5.41, 5.74) is 0.413. The van der Waals surface area contributed by atoms with Crippen molar-refractivity contribution in [1.82, 2.24) is 14.2 Å². The fourth-order valence-electron chi connectivity index (χ4n) is 2.95. The molecular formula is C17H21N3O3S2. The lowest BCUT2D eigenvalue weighted by atomic mass is 9.97. The van der Waals surface area contributed by atoms with Crippen molar-refractivity contribution < 1.29 is 13.2 Å². The fraction of sp³-hybridized carbons (Fsp3) is 0.412. The van der Waals surface area contributed by atoms with Gasteiger partial charge in [0, 0.05) is 50.2 Å². The molecule has 0 N–H and O–H groups in total. The summed E-state index contributed by atoms with van der Waals surface area (Å²) in [6.45, 7) is 1.32. The van der Waals surface area contributed by atoms with Gasteiger partial charge in [-0.3, -0.25) is 4.79 Å². The highest BCUT2D eigenvalue weighted by Gasteiger charge is 2.26. The zero-order valence-electron chi connectivity index (χ0n) is 14.3. The van der Waals surface area contributed by atoms with Crippen LogP contribution in [0.1, 0.15) is 34.1 Å². The molecule has 2 aromatic rings. The van der Waals surface area contributed by atoms with E-state index in [1.54, 1.807) is 28.4 Å². The molecule has 1 aliphatic rings. The van der Waals surface area contributed by atoms with Gasteiger partial charge in [-0.05, 0) is 31.0 Å². The smallest absolute Gasteiger partial charge is 0.253 e. The topological polar surface area (TPSA) is 70.6 Å². The van der Waals surface area contributed by atoms with Crippen LogP contribution in [0.2, 0.25) is 0 Å². The Hall–Kier alpha value is -1.77. The summed E-state index contributed by atoms with van der Waals surface area (Å²) in [6.07, 6.45) is 3.58. The Bertz CT molecular complexity index is 840. The molecule has 0 atom stereocenters. The number of piperidine rings is 1. The largest absolute Gasteiger partial charge is 0.339 e. The molecule has 0 radical (unpaired) electrons. The molecule has 2 heterocycles. The zero-order chi connectivity index (χ0) is 18.0. The third-order valence-corrected chi connectivity index (χ3v) is 7.19. The van der Waals surface area contributed by atoms with Crippen LogP contribution in [0.5, 0.6) is 0 Å². The quantitative estimate of drug-likeness (QED) is 0.818. The average Bonchev–Trinajstić information content (AvgIpc) is 3.16. The van der Waals surface area contributed by atoms with Gasteiger partial charge in [-0.25, -0.2) is 17.7 Å². The van der Waals surface area contributed by atoms with Crippen molar-refractivity contribution in [2.75, 3.05) is 27.2 Å². The standard InChI is InChI=1S/C17H21N3O3S2/c1-19(2)25(22,23)15-5-3-4-14(12-15)17(21)20-9-6-13(7-10-20)16-18-8-11-24-16/h3-5,8,11-13H,6-7,9-10H2,1-2H3. The van der Waals surface area contributed by atoms with Crippen LogP contribution in [0, 0.1) is 0 Å². The van der Waals surface area contributed by atoms with Gasteiger partial charge in [0.1, 0.15) is 0 Å². The first-order valence-corrected chi connectivity index (χ1v) is 10.4. The molecule has 0 unspecified atom stereocenters. The average molecular weight is 380 g/mol. The molecule has 1 aliphatic heterocycles. The first kappa shape index (κ1) is 18.0. The summed E-state index contributed by atoms with van der Waals surface area (Å²) in [5.74, 6) is 0.290. The summed E-state index contributed by atoms with van der Waals surface area (Å²) in [6, 6.07) is 6.27. The second-order valence-electron chi connectivity index (χ2n) is 6.25. The van der Waals surface area contributed by atoms with Crippen molar-refractivity contribution in [1.29, 1.82) is 0 Å². The van der Waals surface area contributed by atoms with E-state index in [0.717, 1.165) is 22.2 Å². The van der Waals surface area contributed by atoms with E-state index in [2.05, 4.69) is 4.98 Å². The van der Waals surface area contributed by atoms with Gasteiger partial charge in [-0.2, -0.15) is 0 Å². The molecule has 3 rings (SSSR count). The maximum atomic E-state index is 12.7. The van der Waals surface area contributed by atoms with Crippen LogP contribution < -0.4 is 0 Å². The third kappa shape index (κ3) is 3.75. The van der Waals surface area contributed by atoms with Gasteiger partial charge >= 0.3 is 0 Å². The minimum Gasteiger partial charge on any atom is -0.339 e. The van der Waals surface area contributed by atoms with E-state index in [1.807, 2.05) is 11.6 Å². The van der Waals surface area contributed by atoms with E-state index in [1.165, 1.54) is 26.2 Å². The maximum Gasteiger partial charge on any atom is 0.253 e. The Kier molecular flexibility index (Phi) is 5.21. The molecule has 0 aliphatic carbocycles. The first-order valence-electron chi connectivity index (χ1n) is 8.11. The molecule has 1 fully saturated rings. The van der Waals surface area contributed by atoms with Gasteiger partial charge in [-0.15, -0.1) is 11.3 Å². The Morgan fingerprint density at radius 2 is 2.00 bits per heavy atom. The third-order valence-electron chi connectivity index (χ3n) is 4.44. The van der Waals surface area contributed by atoms with Crippen molar-refractivity contribution in [2.45, 2.75) is 23.7 Å². The van der Waals surface area contributed by atoms with E-state index in [9.17, 15) is 13.2 Å². The molecule has 1 amide bonds. The summed E-state index contributed by atoms with van der Waals surface area (Å²) in [5, 5.41) is 3.11. The van der Waals surface area contributed by atoms with Crippen molar-refractivity contribution >= 4 is 27.3 Å². The molecule has 1 saturated heterocycles. The van der Waals surface area contributed by atoms with Gasteiger partial charge in [0.05, 0.1) is 9.90 Å². The number of hydrogen-bond acceptors (Lipinski definition) is 5. The number of thiazole rings is 1. The number of amides is 1. The van der Waals surface area contributed by atoms with Crippen molar-refractivity contribution in [2.24, 2.45) is 0 Å². The van der Waals surface area contributed by atoms with Gasteiger partial charge in [-0.1, -0.05) is 6.07 Å². The van der Waals surface area contributed by atoms with E-state index in [-0.39, 0.29) is 10.8 Å². The predicted octanol–water partition coefficient (Wildman–Crippen LogP) is 2.41. The molecule has 0 saturated carbocycles. The Morgan fingerprint density at radius 1 is 1.28 bits per heavy atom. The molecular weight excluding hydrogens is 358 g/mol. The van der Waals surface area contributed by atoms with Gasteiger partial charge in [0.2, 0.25) is 10.0 Å². The van der Waals surface area contributed by atoms with E-state index >= 15 is 0 Å². The molecule has 1 aromatic heterocycles. The zero-order valence-corrected chi connectivity index (χ0v) is 15.9. The highest BCUT2D eigenvalue weighted by atomic mass is 32.2. The first-order chi connectivity index (χ1) is 11.9. The SMILES string of the molecule is CN(C)S(=O)(=O)c1cccc(C(=O)N2CCC(c3nccs3)CC2)c1. The van der Waals surface area contributed by atoms with Crippen LogP contribution in [0.15, 0.2) is 40.7 Å². The number of hydrogen-bond donors (Lipinski definition) is 0. The molecule has 6 nitrogen and oxygen atoms in total. The summed E-state index contributed by atoms with van der Waals surface area (Å²) >= 11 is 1.66.